The lowest BCUT2D eigenvalue weighted by Crippen LogP contribution is -2.61. The van der Waals surface area contributed by atoms with Crippen LogP contribution in [0.2, 0.25) is 0 Å². The third-order valence-corrected chi connectivity index (χ3v) is 3.67. The molecule has 1 aliphatic rings. The van der Waals surface area contributed by atoms with Crippen molar-refractivity contribution in [1.29, 1.82) is 0 Å². The molecule has 1 amide bonds. The van der Waals surface area contributed by atoms with E-state index >= 15 is 0 Å². The first-order chi connectivity index (χ1) is 9.04. The molecule has 1 aromatic carbocycles. The molecule has 1 aromatic rings. The van der Waals surface area contributed by atoms with Gasteiger partial charge in [-0.05, 0) is 25.8 Å². The number of benzene rings is 1. The highest BCUT2D eigenvalue weighted by molar-refractivity contribution is 5.77. The molecule has 2 rings (SSSR count). The van der Waals surface area contributed by atoms with Gasteiger partial charge in [0.05, 0.1) is 24.8 Å². The Morgan fingerprint density at radius 3 is 2.68 bits per heavy atom. The van der Waals surface area contributed by atoms with Gasteiger partial charge < -0.3 is 9.64 Å². The molecule has 1 aliphatic heterocycles. The highest BCUT2D eigenvalue weighted by Crippen LogP contribution is 2.26. The van der Waals surface area contributed by atoms with E-state index in [1.54, 1.807) is 0 Å². The molecule has 104 valence electrons. The summed E-state index contributed by atoms with van der Waals surface area (Å²) in [5, 5.41) is 0. The Hall–Kier alpha value is -1.35. The first-order valence-electron chi connectivity index (χ1n) is 6.98. The molecule has 1 atom stereocenters. The molecule has 3 heteroatoms. The number of amides is 1. The zero-order valence-corrected chi connectivity index (χ0v) is 12.1. The van der Waals surface area contributed by atoms with Crippen molar-refractivity contribution in [3.05, 3.63) is 35.9 Å². The van der Waals surface area contributed by atoms with Crippen molar-refractivity contribution < 1.29 is 9.53 Å². The fraction of sp³-hybridized carbons (Fsp3) is 0.562. The van der Waals surface area contributed by atoms with Crippen LogP contribution in [0.1, 0.15) is 32.8 Å². The number of nitrogens with zero attached hydrogens (tertiary/aromatic N) is 1. The molecule has 19 heavy (non-hydrogen) atoms. The lowest BCUT2D eigenvalue weighted by atomic mass is 9.94. The molecule has 0 spiro atoms. The van der Waals surface area contributed by atoms with Crippen molar-refractivity contribution in [3.63, 3.8) is 0 Å². The number of hydrogen-bond donors (Lipinski definition) is 0. The molecular weight excluding hydrogens is 238 g/mol. The highest BCUT2D eigenvalue weighted by atomic mass is 16.5. The summed E-state index contributed by atoms with van der Waals surface area (Å²) in [6, 6.07) is 10.4. The summed E-state index contributed by atoms with van der Waals surface area (Å²) in [7, 11) is 0. The average molecular weight is 261 g/mol. The number of carbonyl (C=O) groups is 1. The number of carbonyl (C=O) groups excluding carboxylic acids is 1. The molecule has 3 nitrogen and oxygen atoms in total. The molecule has 0 radical (unpaired) electrons. The lowest BCUT2D eigenvalue weighted by molar-refractivity contribution is -0.154. The molecule has 0 aliphatic carbocycles. The van der Waals surface area contributed by atoms with E-state index in [-0.39, 0.29) is 17.5 Å². The monoisotopic (exact) mass is 261 g/mol. The Morgan fingerprint density at radius 1 is 1.37 bits per heavy atom. The van der Waals surface area contributed by atoms with Gasteiger partial charge >= 0.3 is 0 Å². The molecule has 0 N–H and O–H groups in total. The van der Waals surface area contributed by atoms with E-state index in [9.17, 15) is 4.79 Å². The molecule has 0 saturated carbocycles. The van der Waals surface area contributed by atoms with Crippen molar-refractivity contribution in [2.45, 2.75) is 45.2 Å². The van der Waals surface area contributed by atoms with Crippen LogP contribution in [0.15, 0.2) is 30.3 Å². The number of ether oxygens (including phenoxy) is 1. The van der Waals surface area contributed by atoms with Crippen LogP contribution in [0.5, 0.6) is 0 Å². The Labute approximate surface area is 115 Å². The number of rotatable bonds is 3. The standard InChI is InChI=1S/C16H23NO2/c1-4-15(18)17-14(11-19-12-16(17,2)3)10-13-8-6-5-7-9-13/h5-9,14H,4,10-12H2,1-3H3. The zero-order chi connectivity index (χ0) is 13.9. The van der Waals surface area contributed by atoms with Crippen LogP contribution in [0.4, 0.5) is 0 Å². The fourth-order valence-corrected chi connectivity index (χ4v) is 2.83. The first-order valence-corrected chi connectivity index (χ1v) is 6.98. The van der Waals surface area contributed by atoms with Gasteiger partial charge in [0.25, 0.3) is 0 Å². The van der Waals surface area contributed by atoms with Gasteiger partial charge in [-0.15, -0.1) is 0 Å². The first kappa shape index (κ1) is 14.1. The minimum atomic E-state index is -0.217. The van der Waals surface area contributed by atoms with Crippen LogP contribution in [0.25, 0.3) is 0 Å². The molecule has 0 bridgehead atoms. The van der Waals surface area contributed by atoms with Gasteiger partial charge in [-0.3, -0.25) is 4.79 Å². The summed E-state index contributed by atoms with van der Waals surface area (Å²) < 4.78 is 5.70. The topological polar surface area (TPSA) is 29.5 Å². The summed E-state index contributed by atoms with van der Waals surface area (Å²) >= 11 is 0. The van der Waals surface area contributed by atoms with E-state index in [1.807, 2.05) is 30.0 Å². The van der Waals surface area contributed by atoms with Gasteiger partial charge in [0.2, 0.25) is 5.91 Å². The second-order valence-corrected chi connectivity index (χ2v) is 5.79. The third-order valence-electron chi connectivity index (χ3n) is 3.67. The highest BCUT2D eigenvalue weighted by Gasteiger charge is 2.39. The summed E-state index contributed by atoms with van der Waals surface area (Å²) in [5.74, 6) is 0.217. The Morgan fingerprint density at radius 2 is 2.05 bits per heavy atom. The van der Waals surface area contributed by atoms with Gasteiger partial charge in [-0.2, -0.15) is 0 Å². The maximum Gasteiger partial charge on any atom is 0.223 e. The summed E-state index contributed by atoms with van der Waals surface area (Å²) in [6.07, 6.45) is 1.41. The van der Waals surface area contributed by atoms with Crippen LogP contribution in [-0.2, 0) is 16.0 Å². The van der Waals surface area contributed by atoms with Gasteiger partial charge in [-0.25, -0.2) is 0 Å². The van der Waals surface area contributed by atoms with Gasteiger partial charge in [0.1, 0.15) is 0 Å². The summed E-state index contributed by atoms with van der Waals surface area (Å²) in [4.78, 5) is 14.3. The van der Waals surface area contributed by atoms with Crippen molar-refractivity contribution in [2.75, 3.05) is 13.2 Å². The lowest BCUT2D eigenvalue weighted by Gasteiger charge is -2.47. The number of morpholine rings is 1. The fourth-order valence-electron chi connectivity index (χ4n) is 2.83. The summed E-state index contributed by atoms with van der Waals surface area (Å²) in [5.41, 5.74) is 1.04. The van der Waals surface area contributed by atoms with E-state index in [1.165, 1.54) is 5.56 Å². The summed E-state index contributed by atoms with van der Waals surface area (Å²) in [6.45, 7) is 7.33. The van der Waals surface area contributed by atoms with Crippen molar-refractivity contribution in [1.82, 2.24) is 4.90 Å². The van der Waals surface area contributed by atoms with Gasteiger partial charge in [0, 0.05) is 6.42 Å². The van der Waals surface area contributed by atoms with E-state index in [4.69, 9.17) is 4.74 Å². The minimum Gasteiger partial charge on any atom is -0.377 e. The van der Waals surface area contributed by atoms with Gasteiger partial charge in [0.15, 0.2) is 0 Å². The third kappa shape index (κ3) is 3.16. The maximum absolute atomic E-state index is 12.3. The van der Waals surface area contributed by atoms with E-state index in [2.05, 4.69) is 26.0 Å². The van der Waals surface area contributed by atoms with Crippen molar-refractivity contribution in [3.8, 4) is 0 Å². The molecule has 1 fully saturated rings. The van der Waals surface area contributed by atoms with Crippen LogP contribution < -0.4 is 0 Å². The number of hydrogen-bond acceptors (Lipinski definition) is 2. The smallest absolute Gasteiger partial charge is 0.223 e. The molecule has 1 saturated heterocycles. The normalized spacial score (nSPS) is 22.3. The van der Waals surface area contributed by atoms with Crippen molar-refractivity contribution in [2.24, 2.45) is 0 Å². The minimum absolute atomic E-state index is 0.138. The van der Waals surface area contributed by atoms with E-state index < -0.39 is 0 Å². The second kappa shape index (κ2) is 5.74. The molecule has 1 heterocycles. The average Bonchev–Trinajstić information content (AvgIpc) is 2.38. The van der Waals surface area contributed by atoms with Crippen LogP contribution >= 0.6 is 0 Å². The van der Waals surface area contributed by atoms with Gasteiger partial charge in [-0.1, -0.05) is 37.3 Å². The largest absolute Gasteiger partial charge is 0.377 e. The van der Waals surface area contributed by atoms with Crippen LogP contribution in [-0.4, -0.2) is 35.6 Å². The second-order valence-electron chi connectivity index (χ2n) is 5.79. The van der Waals surface area contributed by atoms with E-state index in [0.717, 1.165) is 6.42 Å². The Bertz CT molecular complexity index is 428. The zero-order valence-electron chi connectivity index (χ0n) is 12.1. The van der Waals surface area contributed by atoms with Crippen LogP contribution in [0.3, 0.4) is 0 Å². The van der Waals surface area contributed by atoms with Crippen molar-refractivity contribution >= 4 is 5.91 Å². The van der Waals surface area contributed by atoms with Crippen LogP contribution in [0, 0.1) is 0 Å². The maximum atomic E-state index is 12.3. The quantitative estimate of drug-likeness (QED) is 0.837. The van der Waals surface area contributed by atoms with E-state index in [0.29, 0.717) is 19.6 Å². The SMILES string of the molecule is CCC(=O)N1C(Cc2ccccc2)COCC1(C)C. The molecular formula is C16H23NO2. The molecule has 1 unspecified atom stereocenters. The Balaban J connectivity index is 2.19. The molecule has 0 aromatic heterocycles. The predicted molar refractivity (Wildman–Crippen MR) is 76.0 cm³/mol. The predicted octanol–water partition coefficient (Wildman–Crippen LogP) is 2.65. The Kier molecular flexibility index (Phi) is 4.25.